The zero-order valence-electron chi connectivity index (χ0n) is 8.51. The van der Waals surface area contributed by atoms with Crippen molar-refractivity contribution in [2.24, 2.45) is 0 Å². The maximum Gasteiger partial charge on any atom is 0.0508 e. The Morgan fingerprint density at radius 3 is 2.17 bits per heavy atom. The van der Waals surface area contributed by atoms with Crippen LogP contribution >= 0.6 is 20.6 Å². The smallest absolute Gasteiger partial charge is 0.0508 e. The summed E-state index contributed by atoms with van der Waals surface area (Å²) in [6.07, 6.45) is 6.38. The summed E-state index contributed by atoms with van der Waals surface area (Å²) >= 11 is 0. The summed E-state index contributed by atoms with van der Waals surface area (Å²) in [7, 11) is -0.0981. The van der Waals surface area contributed by atoms with Crippen LogP contribution in [-0.4, -0.2) is 19.4 Å². The van der Waals surface area contributed by atoms with Gasteiger partial charge in [-0.2, -0.15) is 0 Å². The van der Waals surface area contributed by atoms with Crippen LogP contribution < -0.4 is 0 Å². The van der Waals surface area contributed by atoms with Crippen LogP contribution in [0.3, 0.4) is 0 Å². The molecule has 76 valence electrons. The van der Waals surface area contributed by atoms with Crippen LogP contribution in [0.15, 0.2) is 0 Å². The molecule has 0 bridgehead atoms. The van der Waals surface area contributed by atoms with E-state index in [4.69, 9.17) is 4.52 Å². The second-order valence-electron chi connectivity index (χ2n) is 2.89. The van der Waals surface area contributed by atoms with Gasteiger partial charge >= 0.3 is 0 Å². The van der Waals surface area contributed by atoms with E-state index in [-0.39, 0.29) is 20.6 Å². The molecule has 1 atom stereocenters. The summed E-state index contributed by atoms with van der Waals surface area (Å²) in [5.41, 5.74) is 0. The summed E-state index contributed by atoms with van der Waals surface area (Å²) in [6, 6.07) is 0. The molecular weight excluding hydrogens is 191 g/mol. The van der Waals surface area contributed by atoms with Crippen molar-refractivity contribution >= 4 is 20.6 Å². The molecule has 0 aromatic carbocycles. The molecule has 0 aromatic rings. The number of rotatable bonds is 7. The van der Waals surface area contributed by atoms with Gasteiger partial charge in [0.25, 0.3) is 0 Å². The minimum absolute atomic E-state index is 0. The molecule has 0 aliphatic heterocycles. The van der Waals surface area contributed by atoms with E-state index in [1.807, 2.05) is 0 Å². The molecule has 12 heavy (non-hydrogen) atoms. The molecule has 0 N–H and O–H groups in total. The predicted octanol–water partition coefficient (Wildman–Crippen LogP) is 4.05. The molecule has 0 saturated carbocycles. The van der Waals surface area contributed by atoms with Crippen molar-refractivity contribution in [3.05, 3.63) is 0 Å². The van der Waals surface area contributed by atoms with Crippen LogP contribution in [-0.2, 0) is 4.52 Å². The average Bonchev–Trinajstić information content (AvgIpc) is 2.01. The molecule has 0 aliphatic carbocycles. The van der Waals surface area contributed by atoms with Crippen LogP contribution in [0, 0.1) is 0 Å². The highest BCUT2D eigenvalue weighted by atomic mass is 35.5. The van der Waals surface area contributed by atoms with Gasteiger partial charge < -0.3 is 4.52 Å². The average molecular weight is 213 g/mol. The minimum Gasteiger partial charge on any atom is -0.360 e. The number of hydrogen-bond acceptors (Lipinski definition) is 1. The Labute approximate surface area is 84.5 Å². The Hall–Kier alpha value is 0.680. The molecule has 0 rings (SSSR count). The van der Waals surface area contributed by atoms with Gasteiger partial charge in [0.05, 0.1) is 6.61 Å². The maximum atomic E-state index is 5.65. The quantitative estimate of drug-likeness (QED) is 0.457. The SMILES string of the molecule is CCCCOP(C)CCCC.Cl. The van der Waals surface area contributed by atoms with E-state index in [1.54, 1.807) is 0 Å². The number of unbranched alkanes of at least 4 members (excludes halogenated alkanes) is 2. The van der Waals surface area contributed by atoms with Crippen molar-refractivity contribution < 1.29 is 4.52 Å². The second-order valence-corrected chi connectivity index (χ2v) is 4.85. The van der Waals surface area contributed by atoms with Crippen LogP contribution in [0.25, 0.3) is 0 Å². The molecule has 0 aromatic heterocycles. The largest absolute Gasteiger partial charge is 0.360 e. The van der Waals surface area contributed by atoms with E-state index in [9.17, 15) is 0 Å². The van der Waals surface area contributed by atoms with Crippen LogP contribution in [0.2, 0.25) is 0 Å². The molecule has 3 heteroatoms. The Bertz CT molecular complexity index is 80.9. The molecule has 0 heterocycles. The van der Waals surface area contributed by atoms with Gasteiger partial charge in [0, 0.05) is 8.15 Å². The van der Waals surface area contributed by atoms with Crippen LogP contribution in [0.4, 0.5) is 0 Å². The van der Waals surface area contributed by atoms with Crippen LogP contribution in [0.5, 0.6) is 0 Å². The first-order valence-corrected chi connectivity index (χ1v) is 6.54. The van der Waals surface area contributed by atoms with E-state index in [0.717, 1.165) is 6.61 Å². The van der Waals surface area contributed by atoms with Crippen molar-refractivity contribution in [1.29, 1.82) is 0 Å². The first-order valence-electron chi connectivity index (χ1n) is 4.65. The van der Waals surface area contributed by atoms with E-state index in [2.05, 4.69) is 20.5 Å². The summed E-state index contributed by atoms with van der Waals surface area (Å²) in [5, 5.41) is 0. The first-order chi connectivity index (χ1) is 5.31. The fourth-order valence-electron chi connectivity index (χ4n) is 0.810. The Morgan fingerprint density at radius 1 is 1.08 bits per heavy atom. The van der Waals surface area contributed by atoms with Gasteiger partial charge in [-0.15, -0.1) is 12.4 Å². The molecule has 0 fully saturated rings. The molecule has 0 amide bonds. The zero-order valence-corrected chi connectivity index (χ0v) is 10.2. The summed E-state index contributed by atoms with van der Waals surface area (Å²) in [5.74, 6) is 0. The number of hydrogen-bond donors (Lipinski definition) is 0. The fourth-order valence-corrected chi connectivity index (χ4v) is 2.14. The zero-order chi connectivity index (χ0) is 8.53. The third-order valence-corrected chi connectivity index (χ3v) is 3.21. The standard InChI is InChI=1S/C9H21OP.ClH/c1-4-6-8-10-11(3)9-7-5-2;/h4-9H2,1-3H3;1H. The highest BCUT2D eigenvalue weighted by molar-refractivity contribution is 7.51. The third-order valence-electron chi connectivity index (χ3n) is 1.64. The minimum atomic E-state index is -0.0981. The van der Waals surface area contributed by atoms with E-state index in [1.165, 1.54) is 31.8 Å². The molecule has 0 saturated heterocycles. The van der Waals surface area contributed by atoms with Crippen molar-refractivity contribution in [3.8, 4) is 0 Å². The monoisotopic (exact) mass is 212 g/mol. The van der Waals surface area contributed by atoms with Gasteiger partial charge in [0.2, 0.25) is 0 Å². The van der Waals surface area contributed by atoms with Crippen molar-refractivity contribution in [3.63, 3.8) is 0 Å². The Kier molecular flexibility index (Phi) is 14.8. The van der Waals surface area contributed by atoms with Gasteiger partial charge in [-0.25, -0.2) is 0 Å². The van der Waals surface area contributed by atoms with Gasteiger partial charge in [-0.3, -0.25) is 0 Å². The van der Waals surface area contributed by atoms with Gasteiger partial charge in [-0.1, -0.05) is 26.7 Å². The first kappa shape index (κ1) is 15.2. The third kappa shape index (κ3) is 10.7. The Balaban J connectivity index is 0. The molecular formula is C9H22ClOP. The van der Waals surface area contributed by atoms with Gasteiger partial charge in [0.1, 0.15) is 0 Å². The second kappa shape index (κ2) is 11.7. The van der Waals surface area contributed by atoms with Crippen molar-refractivity contribution in [1.82, 2.24) is 0 Å². The lowest BCUT2D eigenvalue weighted by molar-refractivity contribution is 0.343. The van der Waals surface area contributed by atoms with Gasteiger partial charge in [-0.05, 0) is 25.7 Å². The van der Waals surface area contributed by atoms with E-state index >= 15 is 0 Å². The van der Waals surface area contributed by atoms with Crippen molar-refractivity contribution in [2.45, 2.75) is 39.5 Å². The predicted molar refractivity (Wildman–Crippen MR) is 60.7 cm³/mol. The number of halogens is 1. The maximum absolute atomic E-state index is 5.65. The van der Waals surface area contributed by atoms with Crippen LogP contribution in [0.1, 0.15) is 39.5 Å². The summed E-state index contributed by atoms with van der Waals surface area (Å²) in [6.45, 7) is 7.64. The highest BCUT2D eigenvalue weighted by Gasteiger charge is 1.99. The highest BCUT2D eigenvalue weighted by Crippen LogP contribution is 2.33. The van der Waals surface area contributed by atoms with E-state index in [0.29, 0.717) is 0 Å². The molecule has 0 radical (unpaired) electrons. The summed E-state index contributed by atoms with van der Waals surface area (Å²) < 4.78 is 5.65. The molecule has 1 unspecified atom stereocenters. The fraction of sp³-hybridized carbons (Fsp3) is 1.00. The molecule has 0 spiro atoms. The Morgan fingerprint density at radius 2 is 1.67 bits per heavy atom. The van der Waals surface area contributed by atoms with Crippen molar-refractivity contribution in [2.75, 3.05) is 19.4 Å². The van der Waals surface area contributed by atoms with E-state index < -0.39 is 0 Å². The summed E-state index contributed by atoms with van der Waals surface area (Å²) in [4.78, 5) is 0. The van der Waals surface area contributed by atoms with Gasteiger partial charge in [0.15, 0.2) is 0 Å². The topological polar surface area (TPSA) is 9.23 Å². The molecule has 1 nitrogen and oxygen atoms in total. The lowest BCUT2D eigenvalue weighted by atomic mass is 10.4. The lowest BCUT2D eigenvalue weighted by Crippen LogP contribution is -1.91. The normalized spacial score (nSPS) is 12.2. The molecule has 0 aliphatic rings. The lowest BCUT2D eigenvalue weighted by Gasteiger charge is -2.11.